The number of hydrogen-bond donors (Lipinski definition) is 0. The van der Waals surface area contributed by atoms with Crippen LogP contribution in [0.3, 0.4) is 0 Å². The molecule has 0 spiro atoms. The third-order valence-corrected chi connectivity index (χ3v) is 3.36. The van der Waals surface area contributed by atoms with Gasteiger partial charge in [0.15, 0.2) is 0 Å². The molecule has 0 saturated carbocycles. The van der Waals surface area contributed by atoms with E-state index < -0.39 is 0 Å². The molecule has 2 heterocycles. The fourth-order valence-corrected chi connectivity index (χ4v) is 2.82. The highest BCUT2D eigenvalue weighted by Gasteiger charge is 2.36. The van der Waals surface area contributed by atoms with E-state index in [0.717, 1.165) is 12.8 Å². The molecule has 0 aromatic heterocycles. The molecule has 2 fully saturated rings. The minimum absolute atomic E-state index is 0.146. The number of piperidine rings is 1. The maximum Gasteiger partial charge on any atom is 0.208 e. The summed E-state index contributed by atoms with van der Waals surface area (Å²) in [6, 6.07) is 0.527. The number of hydrogen-bond acceptors (Lipinski definition) is 3. The summed E-state index contributed by atoms with van der Waals surface area (Å²) in [4.78, 5) is 12.7. The molecule has 0 aliphatic carbocycles. The lowest BCUT2D eigenvalue weighted by Crippen LogP contribution is -2.43. The summed E-state index contributed by atoms with van der Waals surface area (Å²) in [5.41, 5.74) is 0. The molecule has 2 atom stereocenters. The second kappa shape index (κ2) is 3.62. The summed E-state index contributed by atoms with van der Waals surface area (Å²) in [7, 11) is 0. The van der Waals surface area contributed by atoms with Crippen LogP contribution in [-0.2, 0) is 0 Å². The Balaban J connectivity index is 1.97. The number of nitrogens with zero attached hydrogens (tertiary/aromatic N) is 2. The molecule has 2 unspecified atom stereocenters. The summed E-state index contributed by atoms with van der Waals surface area (Å²) in [6.45, 7) is 2.51. The predicted molar refractivity (Wildman–Crippen MR) is 49.2 cm³/mol. The highest BCUT2D eigenvalue weighted by molar-refractivity contribution is 4.88. The average molecular weight is 184 g/mol. The minimum Gasteiger partial charge on any atom is -0.300 e. The van der Waals surface area contributed by atoms with Gasteiger partial charge in [0.05, 0.1) is 0 Å². The lowest BCUT2D eigenvalue weighted by Gasteiger charge is -2.34. The van der Waals surface area contributed by atoms with Gasteiger partial charge in [-0.1, -0.05) is 0 Å². The van der Waals surface area contributed by atoms with E-state index in [1.807, 2.05) is 0 Å². The van der Waals surface area contributed by atoms with Crippen LogP contribution in [0.25, 0.3) is 0 Å². The summed E-state index contributed by atoms with van der Waals surface area (Å²) < 4.78 is 0. The van der Waals surface area contributed by atoms with E-state index in [1.165, 1.54) is 25.9 Å². The molecule has 0 N–H and O–H groups in total. The fraction of sp³-hybridized carbons (Fsp3) is 1.00. The second-order valence-corrected chi connectivity index (χ2v) is 4.16. The minimum atomic E-state index is -0.146. The summed E-state index contributed by atoms with van der Waals surface area (Å²) >= 11 is 0. The van der Waals surface area contributed by atoms with Crippen LogP contribution in [0.15, 0.2) is 0 Å². The molecule has 2 aliphatic rings. The molecule has 0 bridgehead atoms. The van der Waals surface area contributed by atoms with E-state index in [1.54, 1.807) is 0 Å². The zero-order chi connectivity index (χ0) is 9.26. The van der Waals surface area contributed by atoms with Gasteiger partial charge in [-0.25, -0.2) is 0 Å². The number of nitro groups is 1. The maximum absolute atomic E-state index is 10.4. The van der Waals surface area contributed by atoms with Gasteiger partial charge in [-0.3, -0.25) is 15.0 Å². The van der Waals surface area contributed by atoms with Crippen LogP contribution in [0, 0.1) is 16.0 Å². The van der Waals surface area contributed by atoms with E-state index in [9.17, 15) is 10.1 Å². The van der Waals surface area contributed by atoms with Crippen LogP contribution in [-0.4, -0.2) is 35.5 Å². The quantitative estimate of drug-likeness (QED) is 0.477. The van der Waals surface area contributed by atoms with Gasteiger partial charge in [-0.05, 0) is 38.8 Å². The number of fused-ring (bicyclic) bond motifs is 1. The van der Waals surface area contributed by atoms with E-state index in [2.05, 4.69) is 4.90 Å². The average Bonchev–Trinajstić information content (AvgIpc) is 2.51. The SMILES string of the molecule is O=[N+]([O-])CC1CCCN2CCCC12. The van der Waals surface area contributed by atoms with Crippen molar-refractivity contribution >= 4 is 0 Å². The Kier molecular flexibility index (Phi) is 2.49. The molecule has 74 valence electrons. The van der Waals surface area contributed by atoms with Gasteiger partial charge in [0.25, 0.3) is 0 Å². The molecule has 0 amide bonds. The molecule has 0 radical (unpaired) electrons. The normalized spacial score (nSPS) is 34.5. The first-order valence-corrected chi connectivity index (χ1v) is 5.13. The van der Waals surface area contributed by atoms with Crippen molar-refractivity contribution in [3.8, 4) is 0 Å². The summed E-state index contributed by atoms with van der Waals surface area (Å²) in [5.74, 6) is 0.325. The third-order valence-electron chi connectivity index (χ3n) is 3.36. The van der Waals surface area contributed by atoms with Crippen molar-refractivity contribution in [2.45, 2.75) is 31.7 Å². The molecule has 13 heavy (non-hydrogen) atoms. The van der Waals surface area contributed by atoms with Gasteiger partial charge in [-0.2, -0.15) is 0 Å². The fourth-order valence-electron chi connectivity index (χ4n) is 2.82. The zero-order valence-corrected chi connectivity index (χ0v) is 7.82. The van der Waals surface area contributed by atoms with Crippen molar-refractivity contribution in [2.75, 3.05) is 19.6 Å². The van der Waals surface area contributed by atoms with Gasteiger partial charge in [0.1, 0.15) is 0 Å². The van der Waals surface area contributed by atoms with Crippen LogP contribution in [0.1, 0.15) is 25.7 Å². The second-order valence-electron chi connectivity index (χ2n) is 4.16. The van der Waals surface area contributed by atoms with Crippen molar-refractivity contribution in [3.63, 3.8) is 0 Å². The first kappa shape index (κ1) is 8.94. The molecule has 0 aromatic rings. The molecule has 2 rings (SSSR count). The first-order chi connectivity index (χ1) is 6.27. The Morgan fingerprint density at radius 2 is 2.00 bits per heavy atom. The molecule has 2 saturated heterocycles. The molecule has 2 aliphatic heterocycles. The molecular formula is C9H16N2O2. The van der Waals surface area contributed by atoms with E-state index in [0.29, 0.717) is 12.0 Å². The lowest BCUT2D eigenvalue weighted by atomic mass is 9.89. The Bertz CT molecular complexity index is 208. The molecular weight excluding hydrogens is 168 g/mol. The van der Waals surface area contributed by atoms with Crippen LogP contribution in [0.5, 0.6) is 0 Å². The van der Waals surface area contributed by atoms with E-state index >= 15 is 0 Å². The largest absolute Gasteiger partial charge is 0.300 e. The molecule has 0 aromatic carbocycles. The van der Waals surface area contributed by atoms with E-state index in [4.69, 9.17) is 0 Å². The van der Waals surface area contributed by atoms with Crippen LogP contribution >= 0.6 is 0 Å². The molecule has 4 nitrogen and oxygen atoms in total. The van der Waals surface area contributed by atoms with Crippen LogP contribution < -0.4 is 0 Å². The van der Waals surface area contributed by atoms with Gasteiger partial charge < -0.3 is 0 Å². The van der Waals surface area contributed by atoms with E-state index in [-0.39, 0.29) is 11.5 Å². The van der Waals surface area contributed by atoms with Gasteiger partial charge in [-0.15, -0.1) is 0 Å². The van der Waals surface area contributed by atoms with Gasteiger partial charge in [0, 0.05) is 16.9 Å². The van der Waals surface area contributed by atoms with Gasteiger partial charge >= 0.3 is 0 Å². The summed E-state index contributed by atoms with van der Waals surface area (Å²) in [6.07, 6.45) is 4.62. The Hall–Kier alpha value is -0.640. The van der Waals surface area contributed by atoms with Crippen molar-refractivity contribution in [1.29, 1.82) is 0 Å². The van der Waals surface area contributed by atoms with Crippen LogP contribution in [0.4, 0.5) is 0 Å². The lowest BCUT2D eigenvalue weighted by molar-refractivity contribution is -0.490. The van der Waals surface area contributed by atoms with Crippen molar-refractivity contribution in [1.82, 2.24) is 4.90 Å². The topological polar surface area (TPSA) is 46.4 Å². The zero-order valence-electron chi connectivity index (χ0n) is 7.82. The number of rotatable bonds is 2. The monoisotopic (exact) mass is 184 g/mol. The highest BCUT2D eigenvalue weighted by atomic mass is 16.6. The maximum atomic E-state index is 10.4. The predicted octanol–water partition coefficient (Wildman–Crippen LogP) is 1.14. The first-order valence-electron chi connectivity index (χ1n) is 5.13. The summed E-state index contributed by atoms with van der Waals surface area (Å²) in [5, 5.41) is 10.4. The Morgan fingerprint density at radius 3 is 2.69 bits per heavy atom. The molecule has 4 heteroatoms. The Labute approximate surface area is 78.1 Å². The standard InChI is InChI=1S/C9H16N2O2/c12-11(13)7-8-3-1-5-10-6-2-4-9(8)10/h8-9H,1-7H2. The third kappa shape index (κ3) is 1.82. The van der Waals surface area contributed by atoms with Gasteiger partial charge in [0.2, 0.25) is 6.54 Å². The smallest absolute Gasteiger partial charge is 0.208 e. The highest BCUT2D eigenvalue weighted by Crippen LogP contribution is 2.31. The van der Waals surface area contributed by atoms with Crippen LogP contribution in [0.2, 0.25) is 0 Å². The Morgan fingerprint density at radius 1 is 1.31 bits per heavy atom. The van der Waals surface area contributed by atoms with Crippen molar-refractivity contribution in [2.24, 2.45) is 5.92 Å². The van der Waals surface area contributed by atoms with Crippen molar-refractivity contribution < 1.29 is 4.92 Å². The van der Waals surface area contributed by atoms with Crippen molar-refractivity contribution in [3.05, 3.63) is 10.1 Å².